The van der Waals surface area contributed by atoms with Crippen molar-refractivity contribution in [2.24, 2.45) is 5.73 Å². The second kappa shape index (κ2) is 17.2. The number of carbonyl (C=O) groups excluding carboxylic acids is 3. The fourth-order valence-electron chi connectivity index (χ4n) is 6.21. The highest BCUT2D eigenvalue weighted by molar-refractivity contribution is 7.89. The summed E-state index contributed by atoms with van der Waals surface area (Å²) in [7, 11) is 1.01. The summed E-state index contributed by atoms with van der Waals surface area (Å²) in [6, 6.07) is 7.20. The van der Waals surface area contributed by atoms with Crippen molar-refractivity contribution in [2.45, 2.75) is 36.7 Å². The molecule has 274 valence electrons. The number of anilines is 1. The van der Waals surface area contributed by atoms with E-state index in [-0.39, 0.29) is 23.4 Å². The highest BCUT2D eigenvalue weighted by atomic mass is 32.2. The smallest absolute Gasteiger partial charge is 0.338 e. The second-order valence-electron chi connectivity index (χ2n) is 12.0. The number of piperidine rings is 1. The maximum Gasteiger partial charge on any atom is 0.338 e. The van der Waals surface area contributed by atoms with Gasteiger partial charge in [-0.2, -0.15) is 4.31 Å². The summed E-state index contributed by atoms with van der Waals surface area (Å²) >= 11 is 0. The van der Waals surface area contributed by atoms with E-state index in [1.54, 1.807) is 10.4 Å². The van der Waals surface area contributed by atoms with Gasteiger partial charge in [0, 0.05) is 52.4 Å². The molecule has 0 saturated carbocycles. The first-order valence-corrected chi connectivity index (χ1v) is 17.7. The molecule has 1 atom stereocenters. The number of nitrogens with two attached hydrogens (primary N) is 1. The van der Waals surface area contributed by atoms with Gasteiger partial charge in [0.15, 0.2) is 11.6 Å². The number of imide groups is 1. The topological polar surface area (TPSA) is 167 Å². The van der Waals surface area contributed by atoms with E-state index in [9.17, 15) is 31.6 Å². The van der Waals surface area contributed by atoms with Crippen LogP contribution in [0.3, 0.4) is 0 Å². The zero-order valence-electron chi connectivity index (χ0n) is 28.7. The summed E-state index contributed by atoms with van der Waals surface area (Å²) in [5.74, 6) is -3.24. The van der Waals surface area contributed by atoms with E-state index >= 15 is 0 Å². The van der Waals surface area contributed by atoms with Crippen molar-refractivity contribution >= 4 is 33.7 Å². The molecule has 50 heavy (non-hydrogen) atoms. The van der Waals surface area contributed by atoms with E-state index in [1.165, 1.54) is 7.11 Å². The number of hydrogen-bond acceptors (Lipinski definition) is 10. The number of hydrogen-bond donors (Lipinski definition) is 3. The van der Waals surface area contributed by atoms with E-state index in [2.05, 4.69) is 32.1 Å². The van der Waals surface area contributed by atoms with Crippen molar-refractivity contribution in [2.75, 3.05) is 78.6 Å². The number of amides is 4. The summed E-state index contributed by atoms with van der Waals surface area (Å²) < 4.78 is 64.5. The highest BCUT2D eigenvalue weighted by Crippen LogP contribution is 2.35. The van der Waals surface area contributed by atoms with Crippen molar-refractivity contribution in [3.8, 4) is 0 Å². The number of urea groups is 2. The predicted molar refractivity (Wildman–Crippen MR) is 182 cm³/mol. The van der Waals surface area contributed by atoms with Gasteiger partial charge >= 0.3 is 18.0 Å². The SMILES string of the molecule is CCNC1CCN(c2ccccc2S(=O)(=O)N2CCN(C)CC2)CC1.COCC1=C(C(=O)OC)[C@H](c2ccc(F)c(F)c2)N(C(N)=O)C(=O)N1. The van der Waals surface area contributed by atoms with Crippen LogP contribution < -0.4 is 21.3 Å². The van der Waals surface area contributed by atoms with Gasteiger partial charge in [-0.05, 0) is 56.3 Å². The van der Waals surface area contributed by atoms with Crippen LogP contribution in [0.4, 0.5) is 24.1 Å². The number of carbonyl (C=O) groups is 3. The van der Waals surface area contributed by atoms with Gasteiger partial charge in [-0.15, -0.1) is 0 Å². The number of ether oxygens (including phenoxy) is 2. The highest BCUT2D eigenvalue weighted by Gasteiger charge is 2.42. The minimum absolute atomic E-state index is 0.0200. The number of likely N-dealkylation sites (N-methyl/N-ethyl adjacent to an activating group) is 1. The fraction of sp³-hybridized carbons (Fsp3) is 0.485. The van der Waals surface area contributed by atoms with Gasteiger partial charge in [-0.3, -0.25) is 0 Å². The Morgan fingerprint density at radius 1 is 1.00 bits per heavy atom. The third kappa shape index (κ3) is 8.76. The molecule has 2 saturated heterocycles. The van der Waals surface area contributed by atoms with Crippen LogP contribution in [0.5, 0.6) is 0 Å². The Balaban J connectivity index is 0.000000225. The molecule has 2 aromatic rings. The summed E-state index contributed by atoms with van der Waals surface area (Å²) in [5.41, 5.74) is 5.88. The number of methoxy groups -OCH3 is 2. The largest absolute Gasteiger partial charge is 0.466 e. The van der Waals surface area contributed by atoms with Crippen molar-refractivity contribution in [3.63, 3.8) is 0 Å². The van der Waals surface area contributed by atoms with Crippen molar-refractivity contribution in [1.82, 2.24) is 24.7 Å². The standard InChI is InChI=1S/C18H30N4O2S.C15H15F2N3O5/c1-3-19-16-8-10-21(11-9-16)17-6-4-5-7-18(17)25(23,24)22-14-12-20(2)13-15-22;1-24-6-10-11(13(21)25-2)12(20(14(18)22)15(23)19-10)7-3-4-8(16)9(17)5-7/h4-7,16,19H,3,8-15H2,1-2H3;3-5,12H,6H2,1-2H3,(H2,18,22)(H,19,23)/t;12-/m.0/s1. The monoisotopic (exact) mass is 721 g/mol. The van der Waals surface area contributed by atoms with Gasteiger partial charge in [-0.25, -0.2) is 36.5 Å². The number of esters is 1. The maximum atomic E-state index is 13.6. The Bertz CT molecular complexity index is 1680. The summed E-state index contributed by atoms with van der Waals surface area (Å²) in [6.07, 6.45) is 2.10. The fourth-order valence-corrected chi connectivity index (χ4v) is 7.85. The number of benzene rings is 2. The van der Waals surface area contributed by atoms with Gasteiger partial charge in [0.25, 0.3) is 0 Å². The second-order valence-corrected chi connectivity index (χ2v) is 13.9. The molecule has 0 aromatic heterocycles. The Kier molecular flexibility index (Phi) is 13.3. The summed E-state index contributed by atoms with van der Waals surface area (Å²) in [4.78, 5) is 41.6. The van der Waals surface area contributed by atoms with Crippen LogP contribution in [0.2, 0.25) is 0 Å². The molecule has 5 rings (SSSR count). The van der Waals surface area contributed by atoms with Crippen LogP contribution >= 0.6 is 0 Å². The molecule has 4 N–H and O–H groups in total. The maximum absolute atomic E-state index is 13.6. The predicted octanol–water partition coefficient (Wildman–Crippen LogP) is 2.38. The molecule has 14 nitrogen and oxygen atoms in total. The van der Waals surface area contributed by atoms with Gasteiger partial charge < -0.3 is 35.6 Å². The third-order valence-electron chi connectivity index (χ3n) is 8.80. The molecule has 2 aromatic carbocycles. The quantitative estimate of drug-likeness (QED) is 0.328. The lowest BCUT2D eigenvalue weighted by atomic mass is 9.93. The lowest BCUT2D eigenvalue weighted by molar-refractivity contribution is -0.137. The molecular formula is C33H45F2N7O7S. The summed E-state index contributed by atoms with van der Waals surface area (Å²) in [5, 5.41) is 5.81. The zero-order valence-corrected chi connectivity index (χ0v) is 29.5. The molecule has 3 heterocycles. The van der Waals surface area contributed by atoms with Gasteiger partial charge in [0.05, 0.1) is 30.7 Å². The molecule has 2 fully saturated rings. The average Bonchev–Trinajstić information content (AvgIpc) is 3.10. The number of nitrogens with zero attached hydrogens (tertiary/aromatic N) is 4. The molecule has 17 heteroatoms. The number of rotatable bonds is 9. The molecule has 0 radical (unpaired) electrons. The van der Waals surface area contributed by atoms with Crippen LogP contribution in [0.25, 0.3) is 0 Å². The van der Waals surface area contributed by atoms with Crippen LogP contribution in [0, 0.1) is 11.6 Å². The van der Waals surface area contributed by atoms with Crippen LogP contribution in [0.15, 0.2) is 58.6 Å². The molecule has 0 unspecified atom stereocenters. The lowest BCUT2D eigenvalue weighted by Gasteiger charge is -2.36. The number of para-hydroxylation sites is 1. The van der Waals surface area contributed by atoms with E-state index < -0.39 is 45.7 Å². The van der Waals surface area contributed by atoms with Crippen molar-refractivity contribution in [1.29, 1.82) is 0 Å². The van der Waals surface area contributed by atoms with Crippen molar-refractivity contribution < 1.29 is 41.1 Å². The van der Waals surface area contributed by atoms with Gasteiger partial charge in [0.1, 0.15) is 10.9 Å². The van der Waals surface area contributed by atoms with E-state index in [0.29, 0.717) is 28.9 Å². The first kappa shape index (κ1) is 38.6. The van der Waals surface area contributed by atoms with Crippen molar-refractivity contribution in [3.05, 3.63) is 70.9 Å². The minimum Gasteiger partial charge on any atom is -0.466 e. The molecule has 3 aliphatic rings. The first-order chi connectivity index (χ1) is 23.8. The zero-order chi connectivity index (χ0) is 36.6. The summed E-state index contributed by atoms with van der Waals surface area (Å²) in [6.45, 7) is 7.42. The van der Waals surface area contributed by atoms with Gasteiger partial charge in [-0.1, -0.05) is 25.1 Å². The molecular weight excluding hydrogens is 676 g/mol. The molecule has 3 aliphatic heterocycles. The first-order valence-electron chi connectivity index (χ1n) is 16.2. The molecule has 4 amide bonds. The average molecular weight is 722 g/mol. The Morgan fingerprint density at radius 3 is 2.24 bits per heavy atom. The van der Waals surface area contributed by atoms with E-state index in [0.717, 1.165) is 76.6 Å². The molecule has 0 bridgehead atoms. The van der Waals surface area contributed by atoms with Crippen LogP contribution in [0.1, 0.15) is 31.4 Å². The third-order valence-corrected chi connectivity index (χ3v) is 10.7. The van der Waals surface area contributed by atoms with Crippen LogP contribution in [-0.2, 0) is 24.3 Å². The van der Waals surface area contributed by atoms with E-state index in [4.69, 9.17) is 10.5 Å². The van der Waals surface area contributed by atoms with Gasteiger partial charge in [0.2, 0.25) is 10.0 Å². The Morgan fingerprint density at radius 2 is 1.66 bits per heavy atom. The number of sulfonamides is 1. The Labute approximate surface area is 291 Å². The normalized spacial score (nSPS) is 19.5. The number of primary amides is 1. The van der Waals surface area contributed by atoms with E-state index in [1.807, 2.05) is 25.2 Å². The molecule has 0 aliphatic carbocycles. The lowest BCUT2D eigenvalue weighted by Crippen LogP contribution is -2.54. The number of nitrogens with one attached hydrogen (secondary N) is 2. The van der Waals surface area contributed by atoms with Crippen LogP contribution in [-0.4, -0.2) is 120 Å². The number of piperazine rings is 1. The number of halogens is 2. The minimum atomic E-state index is -3.44. The Hall–Kier alpha value is -4.16. The molecule has 0 spiro atoms.